The second-order valence-electron chi connectivity index (χ2n) is 6.80. The number of ketones is 1. The first-order valence-electron chi connectivity index (χ1n) is 9.87. The van der Waals surface area contributed by atoms with Gasteiger partial charge in [0.15, 0.2) is 5.78 Å². The van der Waals surface area contributed by atoms with Crippen LogP contribution in [0.1, 0.15) is 51.5 Å². The van der Waals surface area contributed by atoms with Gasteiger partial charge in [0, 0.05) is 5.57 Å². The Labute approximate surface area is 180 Å². The quantitative estimate of drug-likeness (QED) is 0.249. The summed E-state index contributed by atoms with van der Waals surface area (Å²) in [4.78, 5) is 37.9. The third-order valence-electron chi connectivity index (χ3n) is 4.58. The first-order valence-corrected chi connectivity index (χ1v) is 9.87. The van der Waals surface area contributed by atoms with E-state index in [1.807, 2.05) is 60.7 Å². The summed E-state index contributed by atoms with van der Waals surface area (Å²) in [5.41, 5.74) is 1.92. The molecule has 31 heavy (non-hydrogen) atoms. The Morgan fingerprint density at radius 3 is 2.16 bits per heavy atom. The van der Waals surface area contributed by atoms with E-state index in [9.17, 15) is 14.4 Å². The van der Waals surface area contributed by atoms with Crippen LogP contribution in [0.2, 0.25) is 0 Å². The van der Waals surface area contributed by atoms with Gasteiger partial charge in [0.25, 0.3) is 5.91 Å². The first kappa shape index (κ1) is 21.8. The van der Waals surface area contributed by atoms with E-state index in [2.05, 4.69) is 5.32 Å². The van der Waals surface area contributed by atoms with E-state index < -0.39 is 11.9 Å². The van der Waals surface area contributed by atoms with E-state index in [1.165, 1.54) is 6.92 Å². The first-order chi connectivity index (χ1) is 14.9. The van der Waals surface area contributed by atoms with Crippen LogP contribution < -0.4 is 5.32 Å². The van der Waals surface area contributed by atoms with Gasteiger partial charge in [-0.15, -0.1) is 0 Å². The van der Waals surface area contributed by atoms with Crippen molar-refractivity contribution in [3.05, 3.63) is 88.7 Å². The minimum Gasteiger partial charge on any atom is -0.462 e. The average Bonchev–Trinajstić information content (AvgIpc) is 3.09. The highest BCUT2D eigenvalue weighted by Crippen LogP contribution is 2.30. The monoisotopic (exact) mass is 417 g/mol. The molecule has 0 aliphatic rings. The van der Waals surface area contributed by atoms with Crippen LogP contribution in [-0.4, -0.2) is 24.3 Å². The lowest BCUT2D eigenvalue weighted by molar-refractivity contribution is -0.111. The molecule has 6 nitrogen and oxygen atoms in total. The molecule has 0 atom stereocenters. The van der Waals surface area contributed by atoms with E-state index in [0.29, 0.717) is 11.1 Å². The highest BCUT2D eigenvalue weighted by atomic mass is 16.5. The molecule has 0 saturated carbocycles. The third-order valence-corrected chi connectivity index (χ3v) is 4.58. The zero-order valence-electron chi connectivity index (χ0n) is 17.6. The fourth-order valence-corrected chi connectivity index (χ4v) is 3.24. The molecule has 6 heteroatoms. The lowest BCUT2D eigenvalue weighted by Crippen LogP contribution is -2.17. The number of furan rings is 1. The molecule has 158 valence electrons. The number of benzene rings is 2. The molecule has 1 heterocycles. The van der Waals surface area contributed by atoms with Crippen molar-refractivity contribution < 1.29 is 23.5 Å². The van der Waals surface area contributed by atoms with Gasteiger partial charge in [0.05, 0.1) is 12.2 Å². The summed E-state index contributed by atoms with van der Waals surface area (Å²) in [6.07, 6.45) is 1.75. The Morgan fingerprint density at radius 1 is 0.968 bits per heavy atom. The van der Waals surface area contributed by atoms with Crippen molar-refractivity contribution in [3.63, 3.8) is 0 Å². The number of ether oxygens (including phenoxy) is 1. The van der Waals surface area contributed by atoms with Crippen molar-refractivity contribution in [2.75, 3.05) is 11.9 Å². The number of carbonyl (C=O) groups is 3. The summed E-state index contributed by atoms with van der Waals surface area (Å²) in [5.74, 6) is -1.44. The average molecular weight is 417 g/mol. The molecule has 0 aliphatic carbocycles. The Bertz CT molecular complexity index is 1130. The zero-order valence-corrected chi connectivity index (χ0v) is 17.6. The van der Waals surface area contributed by atoms with Crippen molar-refractivity contribution in [3.8, 4) is 0 Å². The summed E-state index contributed by atoms with van der Waals surface area (Å²) in [6.45, 7) is 4.67. The number of carbonyl (C=O) groups excluding carboxylic acids is 3. The minimum absolute atomic E-state index is 0.0766. The highest BCUT2D eigenvalue weighted by Gasteiger charge is 2.29. The number of nitrogens with one attached hydrogen (secondary N) is 1. The smallest absolute Gasteiger partial charge is 0.344 e. The molecule has 3 aromatic rings. The Hall–Kier alpha value is -3.93. The van der Waals surface area contributed by atoms with Crippen LogP contribution in [0.25, 0.3) is 11.6 Å². The summed E-state index contributed by atoms with van der Waals surface area (Å²) < 4.78 is 10.7. The maximum Gasteiger partial charge on any atom is 0.344 e. The number of rotatable bonds is 7. The van der Waals surface area contributed by atoms with E-state index in [-0.39, 0.29) is 35.2 Å². The van der Waals surface area contributed by atoms with E-state index in [0.717, 1.165) is 5.56 Å². The number of esters is 1. The Morgan fingerprint density at radius 2 is 1.58 bits per heavy atom. The van der Waals surface area contributed by atoms with Gasteiger partial charge in [-0.25, -0.2) is 4.79 Å². The maximum atomic E-state index is 13.3. The number of anilines is 1. The second kappa shape index (κ2) is 9.71. The van der Waals surface area contributed by atoms with Gasteiger partial charge in [-0.2, -0.15) is 0 Å². The molecule has 1 aromatic heterocycles. The van der Waals surface area contributed by atoms with Crippen molar-refractivity contribution in [2.45, 2.75) is 20.8 Å². The van der Waals surface area contributed by atoms with Crippen LogP contribution >= 0.6 is 0 Å². The molecular formula is C25H23NO5. The molecule has 0 fully saturated rings. The summed E-state index contributed by atoms with van der Waals surface area (Å²) in [5, 5.41) is 2.66. The van der Waals surface area contributed by atoms with Gasteiger partial charge < -0.3 is 9.15 Å². The molecule has 0 saturated heterocycles. The minimum atomic E-state index is -0.729. The predicted molar refractivity (Wildman–Crippen MR) is 119 cm³/mol. The van der Waals surface area contributed by atoms with Crippen molar-refractivity contribution in [1.82, 2.24) is 0 Å². The molecule has 0 spiro atoms. The van der Waals surface area contributed by atoms with Crippen LogP contribution in [-0.2, 0) is 9.53 Å². The predicted octanol–water partition coefficient (Wildman–Crippen LogP) is 5.15. The lowest BCUT2D eigenvalue weighted by atomic mass is 10.0. The van der Waals surface area contributed by atoms with Crippen molar-refractivity contribution >= 4 is 35.2 Å². The SMILES string of the molecule is CCOC(=O)c1c(NC(=O)/C(=C\c2ccccc2)c2ccccc2)oc(C)c1C(C)=O. The van der Waals surface area contributed by atoms with Crippen molar-refractivity contribution in [1.29, 1.82) is 0 Å². The van der Waals surface area contributed by atoms with Crippen LogP contribution in [0.15, 0.2) is 65.1 Å². The van der Waals surface area contributed by atoms with Gasteiger partial charge >= 0.3 is 5.97 Å². The standard InChI is InChI=1S/C25H23NO5/c1-4-30-25(29)22-21(16(2)27)17(3)31-24(22)26-23(28)20(19-13-9-6-10-14-19)15-18-11-7-5-8-12-18/h5-15H,4H2,1-3H3,(H,26,28)/b20-15-. The molecule has 0 unspecified atom stereocenters. The Kier molecular flexibility index (Phi) is 6.82. The van der Waals surface area contributed by atoms with Gasteiger partial charge in [0.2, 0.25) is 5.88 Å². The van der Waals surface area contributed by atoms with Gasteiger partial charge in [-0.1, -0.05) is 60.7 Å². The zero-order chi connectivity index (χ0) is 22.4. The molecule has 0 radical (unpaired) electrons. The highest BCUT2D eigenvalue weighted by molar-refractivity contribution is 6.29. The fourth-order valence-electron chi connectivity index (χ4n) is 3.24. The maximum absolute atomic E-state index is 13.3. The van der Waals surface area contributed by atoms with Gasteiger partial charge in [-0.3, -0.25) is 14.9 Å². The largest absolute Gasteiger partial charge is 0.462 e. The topological polar surface area (TPSA) is 85.6 Å². The van der Waals surface area contributed by atoms with Crippen LogP contribution in [0, 0.1) is 6.92 Å². The molecule has 3 rings (SSSR count). The fraction of sp³-hybridized carbons (Fsp3) is 0.160. The molecular weight excluding hydrogens is 394 g/mol. The number of hydrogen-bond acceptors (Lipinski definition) is 5. The van der Waals surface area contributed by atoms with Crippen LogP contribution in [0.5, 0.6) is 0 Å². The normalized spacial score (nSPS) is 11.1. The Balaban J connectivity index is 2.05. The summed E-state index contributed by atoms with van der Waals surface area (Å²) in [7, 11) is 0. The van der Waals surface area contributed by atoms with Crippen LogP contribution in [0.4, 0.5) is 5.88 Å². The molecule has 1 amide bonds. The van der Waals surface area contributed by atoms with E-state index in [1.54, 1.807) is 19.9 Å². The number of aryl methyl sites for hydroxylation is 1. The third kappa shape index (κ3) is 4.98. The second-order valence-corrected chi connectivity index (χ2v) is 6.80. The number of amides is 1. The lowest BCUT2D eigenvalue weighted by Gasteiger charge is -2.10. The molecule has 0 bridgehead atoms. The van der Waals surface area contributed by atoms with Crippen molar-refractivity contribution in [2.24, 2.45) is 0 Å². The molecule has 1 N–H and O–H groups in total. The molecule has 2 aromatic carbocycles. The van der Waals surface area contributed by atoms with Gasteiger partial charge in [-0.05, 0) is 38.0 Å². The van der Waals surface area contributed by atoms with E-state index >= 15 is 0 Å². The van der Waals surface area contributed by atoms with Gasteiger partial charge in [0.1, 0.15) is 11.3 Å². The summed E-state index contributed by atoms with van der Waals surface area (Å²) >= 11 is 0. The number of hydrogen-bond donors (Lipinski definition) is 1. The van der Waals surface area contributed by atoms with E-state index in [4.69, 9.17) is 9.15 Å². The van der Waals surface area contributed by atoms with Crippen LogP contribution in [0.3, 0.4) is 0 Å². The molecule has 0 aliphatic heterocycles. The number of Topliss-reactive ketones (excluding diaryl/α,β-unsaturated/α-hetero) is 1. The summed E-state index contributed by atoms with van der Waals surface area (Å²) in [6, 6.07) is 18.5.